The van der Waals surface area contributed by atoms with Gasteiger partial charge in [0.15, 0.2) is 0 Å². The SMILES string of the molecule is COc1ccc(C(C)(C)C)c(OCC=CCCCOC(C)C)c1. The molecule has 0 saturated heterocycles. The lowest BCUT2D eigenvalue weighted by Gasteiger charge is -2.23. The molecule has 0 aliphatic carbocycles. The van der Waals surface area contributed by atoms with Crippen molar-refractivity contribution in [3.05, 3.63) is 35.9 Å². The van der Waals surface area contributed by atoms with Gasteiger partial charge in [0.05, 0.1) is 13.2 Å². The van der Waals surface area contributed by atoms with Crippen LogP contribution in [0.1, 0.15) is 53.0 Å². The number of ether oxygens (including phenoxy) is 3. The lowest BCUT2D eigenvalue weighted by molar-refractivity contribution is 0.0775. The van der Waals surface area contributed by atoms with Gasteiger partial charge in [0.1, 0.15) is 18.1 Å². The van der Waals surface area contributed by atoms with Gasteiger partial charge in [-0.15, -0.1) is 0 Å². The first-order valence-corrected chi connectivity index (χ1v) is 8.42. The summed E-state index contributed by atoms with van der Waals surface area (Å²) in [6.45, 7) is 12.1. The molecule has 130 valence electrons. The van der Waals surface area contributed by atoms with E-state index in [-0.39, 0.29) is 5.41 Å². The van der Waals surface area contributed by atoms with Gasteiger partial charge in [-0.25, -0.2) is 0 Å². The first-order valence-electron chi connectivity index (χ1n) is 8.42. The number of allylic oxidation sites excluding steroid dienone is 1. The van der Waals surface area contributed by atoms with Crippen molar-refractivity contribution in [1.82, 2.24) is 0 Å². The van der Waals surface area contributed by atoms with E-state index < -0.39 is 0 Å². The van der Waals surface area contributed by atoms with E-state index in [0.29, 0.717) is 12.7 Å². The predicted molar refractivity (Wildman–Crippen MR) is 96.7 cm³/mol. The molecule has 0 spiro atoms. The Hall–Kier alpha value is -1.48. The summed E-state index contributed by atoms with van der Waals surface area (Å²) in [6, 6.07) is 6.03. The summed E-state index contributed by atoms with van der Waals surface area (Å²) in [4.78, 5) is 0. The van der Waals surface area contributed by atoms with Gasteiger partial charge in [0.25, 0.3) is 0 Å². The van der Waals surface area contributed by atoms with Gasteiger partial charge in [-0.05, 0) is 43.7 Å². The summed E-state index contributed by atoms with van der Waals surface area (Å²) in [5.74, 6) is 1.72. The zero-order chi connectivity index (χ0) is 17.3. The first-order chi connectivity index (χ1) is 10.8. The molecule has 1 aromatic carbocycles. The summed E-state index contributed by atoms with van der Waals surface area (Å²) >= 11 is 0. The van der Waals surface area contributed by atoms with Gasteiger partial charge in [0, 0.05) is 12.7 Å². The summed E-state index contributed by atoms with van der Waals surface area (Å²) in [5, 5.41) is 0. The van der Waals surface area contributed by atoms with Crippen molar-refractivity contribution in [3.63, 3.8) is 0 Å². The van der Waals surface area contributed by atoms with Gasteiger partial charge in [-0.2, -0.15) is 0 Å². The summed E-state index contributed by atoms with van der Waals surface area (Å²) in [6.07, 6.45) is 6.59. The second-order valence-corrected chi connectivity index (χ2v) is 6.96. The van der Waals surface area contributed by atoms with E-state index in [2.05, 4.69) is 52.8 Å². The topological polar surface area (TPSA) is 27.7 Å². The standard InChI is InChI=1S/C20H32O3/c1-16(2)22-13-9-7-8-10-14-23-19-15-17(21-6)11-12-18(19)20(3,4)5/h8,10-12,15-16H,7,9,13-14H2,1-6H3. The number of rotatable bonds is 9. The quantitative estimate of drug-likeness (QED) is 0.466. The minimum absolute atomic E-state index is 0.0412. The molecule has 0 N–H and O–H groups in total. The van der Waals surface area contributed by atoms with Crippen molar-refractivity contribution in [3.8, 4) is 11.5 Å². The van der Waals surface area contributed by atoms with Crippen LogP contribution in [0.15, 0.2) is 30.4 Å². The molecule has 0 heterocycles. The largest absolute Gasteiger partial charge is 0.497 e. The normalized spacial score (nSPS) is 12.1. The fourth-order valence-corrected chi connectivity index (χ4v) is 2.21. The number of methoxy groups -OCH3 is 1. The third kappa shape index (κ3) is 7.56. The van der Waals surface area contributed by atoms with Crippen molar-refractivity contribution in [1.29, 1.82) is 0 Å². The molecule has 23 heavy (non-hydrogen) atoms. The molecular weight excluding hydrogens is 288 g/mol. The Labute approximate surface area is 141 Å². The van der Waals surface area contributed by atoms with Crippen LogP contribution in [0.4, 0.5) is 0 Å². The third-order valence-corrected chi connectivity index (χ3v) is 3.46. The maximum absolute atomic E-state index is 5.95. The lowest BCUT2D eigenvalue weighted by atomic mass is 9.86. The summed E-state index contributed by atoms with van der Waals surface area (Å²) in [5.41, 5.74) is 1.23. The van der Waals surface area contributed by atoms with Gasteiger partial charge >= 0.3 is 0 Å². The highest BCUT2D eigenvalue weighted by Gasteiger charge is 2.19. The van der Waals surface area contributed by atoms with Crippen LogP contribution in [0.25, 0.3) is 0 Å². The Morgan fingerprint density at radius 3 is 2.48 bits per heavy atom. The maximum atomic E-state index is 5.95. The molecule has 0 amide bonds. The Morgan fingerprint density at radius 2 is 1.87 bits per heavy atom. The molecule has 0 saturated carbocycles. The van der Waals surface area contributed by atoms with Crippen LogP contribution < -0.4 is 9.47 Å². The van der Waals surface area contributed by atoms with Crippen molar-refractivity contribution >= 4 is 0 Å². The van der Waals surface area contributed by atoms with Crippen molar-refractivity contribution < 1.29 is 14.2 Å². The average Bonchev–Trinajstić information content (AvgIpc) is 2.48. The minimum Gasteiger partial charge on any atom is -0.497 e. The Kier molecular flexibility index (Phi) is 8.18. The zero-order valence-corrected chi connectivity index (χ0v) is 15.5. The zero-order valence-electron chi connectivity index (χ0n) is 15.5. The van der Waals surface area contributed by atoms with Gasteiger partial charge in [-0.3, -0.25) is 0 Å². The van der Waals surface area contributed by atoms with Gasteiger partial charge in [0.2, 0.25) is 0 Å². The van der Waals surface area contributed by atoms with Crippen LogP contribution in [-0.4, -0.2) is 26.4 Å². The molecule has 1 rings (SSSR count). The van der Waals surface area contributed by atoms with E-state index in [1.807, 2.05) is 12.1 Å². The molecule has 0 aliphatic rings. The monoisotopic (exact) mass is 320 g/mol. The molecule has 0 fully saturated rings. The van der Waals surface area contributed by atoms with Crippen LogP contribution in [-0.2, 0) is 10.2 Å². The second kappa shape index (κ2) is 9.61. The van der Waals surface area contributed by atoms with Crippen LogP contribution in [0.2, 0.25) is 0 Å². The van der Waals surface area contributed by atoms with E-state index in [4.69, 9.17) is 14.2 Å². The fraction of sp³-hybridized carbons (Fsp3) is 0.600. The molecule has 0 aliphatic heterocycles. The van der Waals surface area contributed by atoms with Crippen LogP contribution in [0.5, 0.6) is 11.5 Å². The summed E-state index contributed by atoms with van der Waals surface area (Å²) < 4.78 is 16.8. The first kappa shape index (κ1) is 19.6. The number of benzene rings is 1. The summed E-state index contributed by atoms with van der Waals surface area (Å²) in [7, 11) is 1.68. The van der Waals surface area contributed by atoms with Crippen LogP contribution >= 0.6 is 0 Å². The molecule has 0 bridgehead atoms. The average molecular weight is 320 g/mol. The lowest BCUT2D eigenvalue weighted by Crippen LogP contribution is -2.13. The number of hydrogen-bond acceptors (Lipinski definition) is 3. The highest BCUT2D eigenvalue weighted by atomic mass is 16.5. The van der Waals surface area contributed by atoms with Crippen molar-refractivity contribution in [2.45, 2.75) is 59.0 Å². The minimum atomic E-state index is 0.0412. The molecule has 0 unspecified atom stereocenters. The fourth-order valence-electron chi connectivity index (χ4n) is 2.21. The van der Waals surface area contributed by atoms with Gasteiger partial charge < -0.3 is 14.2 Å². The van der Waals surface area contributed by atoms with Gasteiger partial charge in [-0.1, -0.05) is 39.0 Å². The van der Waals surface area contributed by atoms with E-state index in [0.717, 1.165) is 30.9 Å². The van der Waals surface area contributed by atoms with E-state index in [9.17, 15) is 0 Å². The molecule has 0 aromatic heterocycles. The molecule has 3 heteroatoms. The Morgan fingerprint density at radius 1 is 1.13 bits per heavy atom. The Bertz CT molecular complexity index is 484. The molecule has 3 nitrogen and oxygen atoms in total. The molecule has 0 atom stereocenters. The Balaban J connectivity index is 2.50. The van der Waals surface area contributed by atoms with E-state index >= 15 is 0 Å². The smallest absolute Gasteiger partial charge is 0.127 e. The molecule has 1 aromatic rings. The van der Waals surface area contributed by atoms with Crippen LogP contribution in [0.3, 0.4) is 0 Å². The molecule has 0 radical (unpaired) electrons. The highest BCUT2D eigenvalue weighted by Crippen LogP contribution is 2.34. The van der Waals surface area contributed by atoms with E-state index in [1.165, 1.54) is 5.56 Å². The predicted octanol–water partition coefficient (Wildman–Crippen LogP) is 5.13. The van der Waals surface area contributed by atoms with Crippen molar-refractivity contribution in [2.75, 3.05) is 20.3 Å². The van der Waals surface area contributed by atoms with E-state index in [1.54, 1.807) is 7.11 Å². The highest BCUT2D eigenvalue weighted by molar-refractivity contribution is 5.44. The number of hydrogen-bond donors (Lipinski definition) is 0. The third-order valence-electron chi connectivity index (χ3n) is 3.46. The van der Waals surface area contributed by atoms with Crippen molar-refractivity contribution in [2.24, 2.45) is 0 Å². The maximum Gasteiger partial charge on any atom is 0.127 e. The second-order valence-electron chi connectivity index (χ2n) is 6.96. The molecular formula is C20H32O3. The van der Waals surface area contributed by atoms with Crippen LogP contribution in [0, 0.1) is 0 Å². The number of unbranched alkanes of at least 4 members (excludes halogenated alkanes) is 1.